The summed E-state index contributed by atoms with van der Waals surface area (Å²) < 4.78 is 4.93. The second-order valence-corrected chi connectivity index (χ2v) is 3.55. The van der Waals surface area contributed by atoms with Gasteiger partial charge in [0.2, 0.25) is 0 Å². The van der Waals surface area contributed by atoms with E-state index < -0.39 is 11.0 Å². The van der Waals surface area contributed by atoms with Gasteiger partial charge >= 0.3 is 0 Å². The molecule has 3 N–H and O–H groups in total. The fraction of sp³-hybridized carbons (Fsp3) is 0.200. The topological polar surface area (TPSA) is 128 Å². The Kier molecular flexibility index (Phi) is 3.31. The van der Waals surface area contributed by atoms with Gasteiger partial charge in [0.1, 0.15) is 0 Å². The van der Waals surface area contributed by atoms with Crippen LogP contribution in [0.1, 0.15) is 11.9 Å². The van der Waals surface area contributed by atoms with E-state index >= 15 is 0 Å². The number of rotatable bonds is 4. The second-order valence-electron chi connectivity index (χ2n) is 3.55. The lowest BCUT2D eigenvalue weighted by atomic mass is 10.2. The summed E-state index contributed by atoms with van der Waals surface area (Å²) in [4.78, 5) is 14.1. The first-order chi connectivity index (χ1) is 8.61. The average molecular weight is 250 g/mol. The zero-order chi connectivity index (χ0) is 13.1. The summed E-state index contributed by atoms with van der Waals surface area (Å²) in [6, 6.07) is 5.07. The predicted octanol–water partition coefficient (Wildman–Crippen LogP) is 0.637. The Labute approximate surface area is 101 Å². The number of nitro groups is 1. The first kappa shape index (κ1) is 12.1. The van der Waals surface area contributed by atoms with E-state index in [2.05, 4.69) is 10.1 Å². The van der Waals surface area contributed by atoms with E-state index in [1.807, 2.05) is 0 Å². The second kappa shape index (κ2) is 4.90. The van der Waals surface area contributed by atoms with Crippen LogP contribution in [0, 0.1) is 10.1 Å². The lowest BCUT2D eigenvalue weighted by Crippen LogP contribution is -2.15. The van der Waals surface area contributed by atoms with Crippen LogP contribution in [0.5, 0.6) is 0 Å². The van der Waals surface area contributed by atoms with Gasteiger partial charge in [0.15, 0.2) is 5.82 Å². The van der Waals surface area contributed by atoms with Gasteiger partial charge in [-0.2, -0.15) is 4.98 Å². The molecule has 0 spiro atoms. The van der Waals surface area contributed by atoms with Crippen molar-refractivity contribution in [3.8, 4) is 11.5 Å². The molecule has 1 heterocycles. The third-order valence-corrected chi connectivity index (χ3v) is 2.27. The van der Waals surface area contributed by atoms with Crippen molar-refractivity contribution in [3.05, 3.63) is 40.2 Å². The lowest BCUT2D eigenvalue weighted by Gasteiger charge is -1.98. The molecule has 1 aromatic heterocycles. The zero-order valence-corrected chi connectivity index (χ0v) is 9.18. The molecule has 94 valence electrons. The number of nitrogens with zero attached hydrogens (tertiary/aromatic N) is 3. The summed E-state index contributed by atoms with van der Waals surface area (Å²) in [7, 11) is 0. The van der Waals surface area contributed by atoms with E-state index in [0.29, 0.717) is 5.56 Å². The van der Waals surface area contributed by atoms with Crippen molar-refractivity contribution in [3.63, 3.8) is 0 Å². The molecule has 1 aromatic carbocycles. The number of hydrogen-bond donors (Lipinski definition) is 2. The smallest absolute Gasteiger partial charge is 0.270 e. The average Bonchev–Trinajstić information content (AvgIpc) is 2.87. The van der Waals surface area contributed by atoms with Crippen molar-refractivity contribution in [1.29, 1.82) is 0 Å². The first-order valence-corrected chi connectivity index (χ1v) is 5.06. The number of benzene rings is 1. The molecule has 0 aliphatic rings. The Hall–Kier alpha value is -2.32. The van der Waals surface area contributed by atoms with Crippen LogP contribution in [0.2, 0.25) is 0 Å². The Morgan fingerprint density at radius 3 is 3.00 bits per heavy atom. The molecule has 0 radical (unpaired) electrons. The van der Waals surface area contributed by atoms with Crippen LogP contribution in [0.25, 0.3) is 11.5 Å². The molecular formula is C10H10N4O4. The highest BCUT2D eigenvalue weighted by Gasteiger charge is 2.16. The maximum Gasteiger partial charge on any atom is 0.270 e. The van der Waals surface area contributed by atoms with Crippen LogP contribution < -0.4 is 5.73 Å². The number of nitrogens with two attached hydrogens (primary N) is 1. The van der Waals surface area contributed by atoms with E-state index in [-0.39, 0.29) is 24.0 Å². The summed E-state index contributed by atoms with van der Waals surface area (Å²) in [6.07, 6.45) is 0. The summed E-state index contributed by atoms with van der Waals surface area (Å²) in [5, 5.41) is 23.1. The van der Waals surface area contributed by atoms with Gasteiger partial charge in [-0.05, 0) is 6.07 Å². The summed E-state index contributed by atoms with van der Waals surface area (Å²) in [5.41, 5.74) is 5.87. The van der Waals surface area contributed by atoms with Crippen LogP contribution in [-0.4, -0.2) is 26.8 Å². The largest absolute Gasteiger partial charge is 0.394 e. The molecule has 18 heavy (non-hydrogen) atoms. The van der Waals surface area contributed by atoms with Crippen LogP contribution >= 0.6 is 0 Å². The molecule has 0 saturated heterocycles. The molecule has 0 aliphatic heterocycles. The Balaban J connectivity index is 2.34. The zero-order valence-electron chi connectivity index (χ0n) is 9.18. The minimum absolute atomic E-state index is 0.0706. The van der Waals surface area contributed by atoms with Crippen molar-refractivity contribution < 1.29 is 14.6 Å². The maximum absolute atomic E-state index is 10.6. The lowest BCUT2D eigenvalue weighted by molar-refractivity contribution is -0.384. The van der Waals surface area contributed by atoms with Crippen molar-refractivity contribution in [2.24, 2.45) is 5.73 Å². The monoisotopic (exact) mass is 250 g/mol. The van der Waals surface area contributed by atoms with Crippen LogP contribution in [0.4, 0.5) is 5.69 Å². The Morgan fingerprint density at radius 2 is 2.33 bits per heavy atom. The molecule has 1 atom stereocenters. The number of nitro benzene ring substituents is 1. The van der Waals surface area contributed by atoms with E-state index in [4.69, 9.17) is 15.4 Å². The summed E-state index contributed by atoms with van der Waals surface area (Å²) in [6.45, 7) is -0.312. The molecule has 0 fully saturated rings. The minimum atomic E-state index is -0.735. The number of aromatic nitrogens is 2. The fourth-order valence-corrected chi connectivity index (χ4v) is 1.34. The highest BCUT2D eigenvalue weighted by molar-refractivity contribution is 5.57. The highest BCUT2D eigenvalue weighted by Crippen LogP contribution is 2.22. The molecule has 0 saturated carbocycles. The van der Waals surface area contributed by atoms with Crippen LogP contribution in [0.15, 0.2) is 28.8 Å². The van der Waals surface area contributed by atoms with E-state index in [9.17, 15) is 10.1 Å². The minimum Gasteiger partial charge on any atom is -0.394 e. The number of non-ortho nitro benzene ring substituents is 1. The van der Waals surface area contributed by atoms with E-state index in [1.54, 1.807) is 6.07 Å². The highest BCUT2D eigenvalue weighted by atomic mass is 16.6. The maximum atomic E-state index is 10.6. The summed E-state index contributed by atoms with van der Waals surface area (Å²) >= 11 is 0. The molecule has 1 unspecified atom stereocenters. The molecule has 8 nitrogen and oxygen atoms in total. The van der Waals surface area contributed by atoms with Gasteiger partial charge < -0.3 is 15.4 Å². The molecule has 0 bridgehead atoms. The molecular weight excluding hydrogens is 240 g/mol. The van der Waals surface area contributed by atoms with Gasteiger partial charge in [-0.1, -0.05) is 11.2 Å². The first-order valence-electron chi connectivity index (χ1n) is 5.06. The summed E-state index contributed by atoms with van der Waals surface area (Å²) in [5.74, 6) is 0.275. The van der Waals surface area contributed by atoms with Gasteiger partial charge in [-0.15, -0.1) is 0 Å². The van der Waals surface area contributed by atoms with Gasteiger partial charge in [0.25, 0.3) is 11.6 Å². The predicted molar refractivity (Wildman–Crippen MR) is 60.4 cm³/mol. The molecule has 8 heteroatoms. The molecule has 2 rings (SSSR count). The van der Waals surface area contributed by atoms with E-state index in [0.717, 1.165) is 0 Å². The van der Waals surface area contributed by atoms with Crippen molar-refractivity contribution >= 4 is 5.69 Å². The van der Waals surface area contributed by atoms with Crippen LogP contribution in [0.3, 0.4) is 0 Å². The normalized spacial score (nSPS) is 12.3. The Morgan fingerprint density at radius 1 is 1.56 bits per heavy atom. The quantitative estimate of drug-likeness (QED) is 0.601. The van der Waals surface area contributed by atoms with Gasteiger partial charge in [-0.25, -0.2) is 0 Å². The fourth-order valence-electron chi connectivity index (χ4n) is 1.34. The van der Waals surface area contributed by atoms with Crippen molar-refractivity contribution in [1.82, 2.24) is 10.1 Å². The third-order valence-electron chi connectivity index (χ3n) is 2.27. The molecule has 0 aliphatic carbocycles. The number of aliphatic hydroxyl groups excluding tert-OH is 1. The molecule has 0 amide bonds. The van der Waals surface area contributed by atoms with Crippen molar-refractivity contribution in [2.75, 3.05) is 6.61 Å². The Bertz CT molecular complexity index is 569. The van der Waals surface area contributed by atoms with E-state index in [1.165, 1.54) is 18.2 Å². The van der Waals surface area contributed by atoms with Gasteiger partial charge in [0, 0.05) is 17.7 Å². The standard InChI is InChI=1S/C10H10N4O4/c11-8(5-15)9-12-10(18-13-9)6-2-1-3-7(4-6)14(16)17/h1-4,8,15H,5,11H2. The number of hydrogen-bond acceptors (Lipinski definition) is 7. The van der Waals surface area contributed by atoms with Crippen LogP contribution in [-0.2, 0) is 0 Å². The third kappa shape index (κ3) is 2.34. The SMILES string of the molecule is NC(CO)c1noc(-c2cccc([N+](=O)[O-])c2)n1. The van der Waals surface area contributed by atoms with Gasteiger partial charge in [0.05, 0.1) is 17.6 Å². The molecule has 2 aromatic rings. The van der Waals surface area contributed by atoms with Crippen molar-refractivity contribution in [2.45, 2.75) is 6.04 Å². The number of aliphatic hydroxyl groups is 1. The van der Waals surface area contributed by atoms with Gasteiger partial charge in [-0.3, -0.25) is 10.1 Å².